The minimum atomic E-state index is -4.20. The zero-order valence-electron chi connectivity index (χ0n) is 16.0. The fourth-order valence-electron chi connectivity index (χ4n) is 2.93. The van der Waals surface area contributed by atoms with E-state index < -0.39 is 20.9 Å². The summed E-state index contributed by atoms with van der Waals surface area (Å²) in [6, 6.07) is 9.65. The van der Waals surface area contributed by atoms with Crippen molar-refractivity contribution in [2.45, 2.75) is 18.4 Å². The van der Waals surface area contributed by atoms with E-state index in [9.17, 15) is 28.1 Å². The van der Waals surface area contributed by atoms with Gasteiger partial charge in [-0.15, -0.1) is 0 Å². The number of ether oxygens (including phenoxy) is 1. The molecule has 0 fully saturated rings. The lowest BCUT2D eigenvalue weighted by Crippen LogP contribution is -2.14. The van der Waals surface area contributed by atoms with E-state index in [1.54, 1.807) is 6.07 Å². The van der Waals surface area contributed by atoms with Crippen LogP contribution in [0.2, 0.25) is 0 Å². The average Bonchev–Trinajstić information content (AvgIpc) is 3.06. The number of Topliss-reactive ketones (excluding diaryl/α,β-unsaturated/α-hetero) is 1. The monoisotopic (exact) mass is 431 g/mol. The van der Waals surface area contributed by atoms with Crippen LogP contribution in [0.25, 0.3) is 10.9 Å². The molecule has 10 nitrogen and oxygen atoms in total. The fraction of sp³-hybridized carbons (Fsp3) is 0.158. The average molecular weight is 431 g/mol. The fourth-order valence-corrected chi connectivity index (χ4v) is 4.19. The molecule has 0 saturated heterocycles. The number of anilines is 1. The Labute approximate surface area is 171 Å². The van der Waals surface area contributed by atoms with Crippen molar-refractivity contribution in [3.05, 3.63) is 64.3 Å². The second kappa shape index (κ2) is 7.95. The number of nitro benzene ring substituents is 1. The first-order valence-electron chi connectivity index (χ1n) is 8.60. The quantitative estimate of drug-likeness (QED) is 0.263. The Bertz CT molecular complexity index is 1280. The van der Waals surface area contributed by atoms with Gasteiger partial charge in [-0.05, 0) is 25.1 Å². The predicted octanol–water partition coefficient (Wildman–Crippen LogP) is 2.73. The van der Waals surface area contributed by atoms with Gasteiger partial charge in [-0.1, -0.05) is 12.1 Å². The van der Waals surface area contributed by atoms with Crippen molar-refractivity contribution in [3.8, 4) is 0 Å². The molecule has 30 heavy (non-hydrogen) atoms. The van der Waals surface area contributed by atoms with Gasteiger partial charge in [0.2, 0.25) is 0 Å². The van der Waals surface area contributed by atoms with Gasteiger partial charge in [-0.2, -0.15) is 0 Å². The van der Waals surface area contributed by atoms with Gasteiger partial charge in [0.1, 0.15) is 11.4 Å². The molecule has 1 aromatic heterocycles. The Morgan fingerprint density at radius 3 is 2.57 bits per heavy atom. The number of nitro groups is 1. The van der Waals surface area contributed by atoms with E-state index in [1.807, 2.05) is 0 Å². The van der Waals surface area contributed by atoms with Gasteiger partial charge in [0.25, 0.3) is 15.7 Å². The minimum Gasteiger partial charge on any atom is -0.468 e. The molecule has 2 aromatic carbocycles. The van der Waals surface area contributed by atoms with Gasteiger partial charge in [0.05, 0.1) is 17.5 Å². The summed E-state index contributed by atoms with van der Waals surface area (Å²) in [6.07, 6.45) is 1.21. The molecule has 0 atom stereocenters. The Morgan fingerprint density at radius 1 is 1.20 bits per heavy atom. The van der Waals surface area contributed by atoms with Crippen LogP contribution in [0.15, 0.2) is 53.6 Å². The largest absolute Gasteiger partial charge is 0.468 e. The molecule has 1 N–H and O–H groups in total. The lowest BCUT2D eigenvalue weighted by Gasteiger charge is -2.08. The summed E-state index contributed by atoms with van der Waals surface area (Å²) >= 11 is 0. The highest BCUT2D eigenvalue weighted by atomic mass is 32.2. The zero-order valence-corrected chi connectivity index (χ0v) is 16.8. The van der Waals surface area contributed by atoms with Crippen LogP contribution in [-0.4, -0.2) is 36.8 Å². The van der Waals surface area contributed by atoms with E-state index in [1.165, 1.54) is 55.1 Å². The topological polar surface area (TPSA) is 138 Å². The van der Waals surface area contributed by atoms with E-state index in [0.717, 1.165) is 6.07 Å². The Hall–Kier alpha value is -3.73. The van der Waals surface area contributed by atoms with Crippen LogP contribution in [0.4, 0.5) is 11.4 Å². The van der Waals surface area contributed by atoms with Crippen LogP contribution in [0.3, 0.4) is 0 Å². The number of esters is 1. The molecular formula is C19H17N3O7S. The number of methoxy groups -OCH3 is 1. The van der Waals surface area contributed by atoms with E-state index in [-0.39, 0.29) is 34.0 Å². The summed E-state index contributed by atoms with van der Waals surface area (Å²) in [6.45, 7) is 1.08. The highest BCUT2D eigenvalue weighted by molar-refractivity contribution is 7.93. The first kappa shape index (κ1) is 21.0. The third kappa shape index (κ3) is 4.15. The van der Waals surface area contributed by atoms with Crippen molar-refractivity contribution in [3.63, 3.8) is 0 Å². The molecule has 0 aliphatic heterocycles. The highest BCUT2D eigenvalue weighted by Gasteiger charge is 2.24. The number of carbonyl (C=O) groups is 2. The Morgan fingerprint density at radius 2 is 1.93 bits per heavy atom. The molecule has 3 rings (SSSR count). The SMILES string of the molecule is COC(=O)Cn1cc(S(=O)(=O)Nc2cccc(C(C)=O)c2)c2cc([N+](=O)[O-])ccc21. The first-order chi connectivity index (χ1) is 14.1. The van der Waals surface area contributed by atoms with Crippen molar-refractivity contribution in [2.24, 2.45) is 0 Å². The van der Waals surface area contributed by atoms with Gasteiger partial charge in [-0.3, -0.25) is 24.4 Å². The molecule has 0 saturated carbocycles. The number of nitrogens with one attached hydrogen (secondary N) is 1. The predicted molar refractivity (Wildman–Crippen MR) is 108 cm³/mol. The summed E-state index contributed by atoms with van der Waals surface area (Å²) in [4.78, 5) is 33.5. The number of hydrogen-bond acceptors (Lipinski definition) is 7. The van der Waals surface area contributed by atoms with E-state index in [4.69, 9.17) is 0 Å². The zero-order chi connectivity index (χ0) is 22.1. The normalized spacial score (nSPS) is 11.3. The van der Waals surface area contributed by atoms with Crippen LogP contribution < -0.4 is 4.72 Å². The van der Waals surface area contributed by atoms with E-state index in [0.29, 0.717) is 11.1 Å². The standard InChI is InChI=1S/C19H17N3O7S/c1-12(23)13-4-3-5-14(8-13)20-30(27,28)18-10-21(11-19(24)29-2)17-7-6-15(22(25)26)9-16(17)18/h3-10,20H,11H2,1-2H3. The summed E-state index contributed by atoms with van der Waals surface area (Å²) < 4.78 is 34.4. The number of non-ortho nitro benzene ring substituents is 1. The molecule has 0 aliphatic carbocycles. The number of rotatable bonds is 7. The van der Waals surface area contributed by atoms with Crippen molar-refractivity contribution in [1.29, 1.82) is 0 Å². The van der Waals surface area contributed by atoms with E-state index in [2.05, 4.69) is 9.46 Å². The maximum atomic E-state index is 13.1. The molecular weight excluding hydrogens is 414 g/mol. The third-order valence-corrected chi connectivity index (χ3v) is 5.79. The van der Waals surface area contributed by atoms with Gasteiger partial charge in [0, 0.05) is 35.0 Å². The molecule has 0 unspecified atom stereocenters. The second-order valence-corrected chi connectivity index (χ2v) is 8.05. The van der Waals surface area contributed by atoms with Gasteiger partial charge in [0.15, 0.2) is 5.78 Å². The molecule has 0 amide bonds. The highest BCUT2D eigenvalue weighted by Crippen LogP contribution is 2.30. The van der Waals surface area contributed by atoms with Gasteiger partial charge >= 0.3 is 5.97 Å². The molecule has 11 heteroatoms. The smallest absolute Gasteiger partial charge is 0.325 e. The van der Waals surface area contributed by atoms with Crippen molar-refractivity contribution in [1.82, 2.24) is 4.57 Å². The van der Waals surface area contributed by atoms with Crippen LogP contribution in [-0.2, 0) is 26.1 Å². The first-order valence-corrected chi connectivity index (χ1v) is 10.1. The maximum Gasteiger partial charge on any atom is 0.325 e. The number of benzene rings is 2. The van der Waals surface area contributed by atoms with Crippen LogP contribution >= 0.6 is 0 Å². The van der Waals surface area contributed by atoms with Gasteiger partial charge < -0.3 is 9.30 Å². The number of hydrogen-bond donors (Lipinski definition) is 1. The number of aromatic nitrogens is 1. The third-order valence-electron chi connectivity index (χ3n) is 4.38. The van der Waals surface area contributed by atoms with E-state index >= 15 is 0 Å². The van der Waals surface area contributed by atoms with Crippen molar-refractivity contribution < 1.29 is 27.7 Å². The Kier molecular flexibility index (Phi) is 5.56. The van der Waals surface area contributed by atoms with Crippen LogP contribution in [0, 0.1) is 10.1 Å². The van der Waals surface area contributed by atoms with Crippen molar-refractivity contribution in [2.75, 3.05) is 11.8 Å². The summed E-state index contributed by atoms with van der Waals surface area (Å²) in [5.41, 5.74) is 0.484. The van der Waals surface area contributed by atoms with Crippen LogP contribution in [0.1, 0.15) is 17.3 Å². The van der Waals surface area contributed by atoms with Gasteiger partial charge in [-0.25, -0.2) is 8.42 Å². The lowest BCUT2D eigenvalue weighted by molar-refractivity contribution is -0.384. The molecule has 0 bridgehead atoms. The molecule has 156 valence electrons. The number of nitrogens with zero attached hydrogens (tertiary/aromatic N) is 2. The minimum absolute atomic E-state index is 0.0725. The summed E-state index contributed by atoms with van der Waals surface area (Å²) in [5, 5.41) is 11.2. The van der Waals surface area contributed by atoms with Crippen molar-refractivity contribution >= 4 is 44.1 Å². The van der Waals surface area contributed by atoms with Crippen LogP contribution in [0.5, 0.6) is 0 Å². The second-order valence-electron chi connectivity index (χ2n) is 6.40. The number of sulfonamides is 1. The molecule has 0 radical (unpaired) electrons. The lowest BCUT2D eigenvalue weighted by atomic mass is 10.1. The summed E-state index contributed by atoms with van der Waals surface area (Å²) in [7, 11) is -3.01. The molecule has 1 heterocycles. The Balaban J connectivity index is 2.13. The number of carbonyl (C=O) groups excluding carboxylic acids is 2. The molecule has 3 aromatic rings. The molecule has 0 spiro atoms. The number of ketones is 1. The maximum absolute atomic E-state index is 13.1. The summed E-state index contributed by atoms with van der Waals surface area (Å²) in [5.74, 6) is -0.849. The molecule has 0 aliphatic rings. The number of fused-ring (bicyclic) bond motifs is 1.